The van der Waals surface area contributed by atoms with Gasteiger partial charge in [-0.2, -0.15) is 0 Å². The fraction of sp³-hybridized carbons (Fsp3) is 0.200. The molecule has 1 fully saturated rings. The Morgan fingerprint density at radius 2 is 0.848 bits per heavy atom. The van der Waals surface area contributed by atoms with Crippen LogP contribution in [-0.4, -0.2) is 57.8 Å². The monoisotopic (exact) mass is 604 g/mol. The molecule has 6 heteroatoms. The molecule has 1 saturated heterocycles. The number of hydrogen-bond donors (Lipinski definition) is 0. The lowest BCUT2D eigenvalue weighted by atomic mass is 9.95. The summed E-state index contributed by atoms with van der Waals surface area (Å²) >= 11 is 0. The largest absolute Gasteiger partial charge is 0.335 e. The van der Waals surface area contributed by atoms with Crippen LogP contribution in [0.3, 0.4) is 0 Å². The topological polar surface area (TPSA) is 66.4 Å². The molecule has 6 nitrogen and oxygen atoms in total. The van der Waals surface area contributed by atoms with Gasteiger partial charge < -0.3 is 9.80 Å². The fourth-order valence-electron chi connectivity index (χ4n) is 6.58. The van der Waals surface area contributed by atoms with Gasteiger partial charge in [-0.3, -0.25) is 9.59 Å². The summed E-state index contributed by atoms with van der Waals surface area (Å²) in [6.45, 7) is 9.91. The van der Waals surface area contributed by atoms with Crippen LogP contribution in [0.1, 0.15) is 43.0 Å². The molecule has 6 aromatic rings. The molecule has 2 amide bonds. The molecule has 7 rings (SSSR count). The third-order valence-electron chi connectivity index (χ3n) is 9.20. The van der Waals surface area contributed by atoms with Gasteiger partial charge in [-0.25, -0.2) is 9.97 Å². The van der Waals surface area contributed by atoms with Gasteiger partial charge in [0.05, 0.1) is 33.5 Å². The number of aryl methyl sites for hydroxylation is 2. The number of benzene rings is 4. The zero-order valence-electron chi connectivity index (χ0n) is 26.7. The van der Waals surface area contributed by atoms with Gasteiger partial charge in [-0.05, 0) is 51.0 Å². The van der Waals surface area contributed by atoms with Crippen LogP contribution in [0, 0.1) is 27.7 Å². The third-order valence-corrected chi connectivity index (χ3v) is 9.20. The predicted molar refractivity (Wildman–Crippen MR) is 185 cm³/mol. The first-order chi connectivity index (χ1) is 22.3. The molecule has 1 aliphatic heterocycles. The number of rotatable bonds is 4. The zero-order chi connectivity index (χ0) is 31.9. The van der Waals surface area contributed by atoms with Crippen molar-refractivity contribution in [3.63, 3.8) is 0 Å². The second-order valence-corrected chi connectivity index (χ2v) is 12.3. The predicted octanol–water partition coefficient (Wildman–Crippen LogP) is 7.95. The van der Waals surface area contributed by atoms with Crippen LogP contribution in [0.2, 0.25) is 0 Å². The summed E-state index contributed by atoms with van der Waals surface area (Å²) in [5.74, 6) is -0.0486. The average molecular weight is 605 g/mol. The van der Waals surface area contributed by atoms with Crippen molar-refractivity contribution >= 4 is 33.6 Å². The molecule has 0 saturated carbocycles. The second kappa shape index (κ2) is 11.9. The van der Waals surface area contributed by atoms with Crippen LogP contribution in [0.25, 0.3) is 44.3 Å². The molecule has 0 spiro atoms. The van der Waals surface area contributed by atoms with Crippen molar-refractivity contribution in [1.29, 1.82) is 0 Å². The van der Waals surface area contributed by atoms with Crippen molar-refractivity contribution < 1.29 is 9.59 Å². The number of carbonyl (C=O) groups excluding carboxylic acids is 2. The number of fused-ring (bicyclic) bond motifs is 2. The van der Waals surface area contributed by atoms with E-state index in [-0.39, 0.29) is 11.8 Å². The Morgan fingerprint density at radius 3 is 1.22 bits per heavy atom. The summed E-state index contributed by atoms with van der Waals surface area (Å²) in [7, 11) is 0. The van der Waals surface area contributed by atoms with Crippen LogP contribution < -0.4 is 0 Å². The van der Waals surface area contributed by atoms with Gasteiger partial charge in [0.1, 0.15) is 0 Å². The molecule has 0 unspecified atom stereocenters. The van der Waals surface area contributed by atoms with Gasteiger partial charge >= 0.3 is 0 Å². The highest BCUT2D eigenvalue weighted by atomic mass is 16.2. The Hall–Kier alpha value is -5.36. The maximum atomic E-state index is 14.3. The van der Waals surface area contributed by atoms with E-state index < -0.39 is 0 Å². The number of aromatic nitrogens is 2. The lowest BCUT2D eigenvalue weighted by Gasteiger charge is -2.36. The van der Waals surface area contributed by atoms with E-state index in [9.17, 15) is 9.59 Å². The van der Waals surface area contributed by atoms with Gasteiger partial charge in [0, 0.05) is 48.1 Å². The van der Waals surface area contributed by atoms with Crippen LogP contribution in [-0.2, 0) is 0 Å². The van der Waals surface area contributed by atoms with Crippen molar-refractivity contribution in [2.24, 2.45) is 0 Å². The minimum atomic E-state index is -0.0243. The Balaban J connectivity index is 1.19. The molecule has 4 aromatic carbocycles. The van der Waals surface area contributed by atoms with Gasteiger partial charge in [0.25, 0.3) is 11.8 Å². The highest BCUT2D eigenvalue weighted by Crippen LogP contribution is 2.33. The molecular formula is C40H36N4O2. The van der Waals surface area contributed by atoms with Crippen LogP contribution >= 0.6 is 0 Å². The summed E-state index contributed by atoms with van der Waals surface area (Å²) in [5, 5.41) is 1.70. The number of nitrogens with zero attached hydrogens (tertiary/aromatic N) is 4. The number of carbonyl (C=O) groups is 2. The Morgan fingerprint density at radius 1 is 0.500 bits per heavy atom. The van der Waals surface area contributed by atoms with E-state index in [1.807, 2.05) is 72.2 Å². The first kappa shape index (κ1) is 29.4. The first-order valence-corrected chi connectivity index (χ1v) is 15.8. The van der Waals surface area contributed by atoms with Gasteiger partial charge in [0.15, 0.2) is 0 Å². The van der Waals surface area contributed by atoms with Crippen molar-refractivity contribution in [3.8, 4) is 22.5 Å². The number of pyridine rings is 2. The maximum Gasteiger partial charge on any atom is 0.255 e. The summed E-state index contributed by atoms with van der Waals surface area (Å²) in [6.07, 6.45) is 0. The molecule has 0 aliphatic carbocycles. The normalized spacial score (nSPS) is 13.4. The number of hydrogen-bond acceptors (Lipinski definition) is 4. The Bertz CT molecular complexity index is 1970. The van der Waals surface area contributed by atoms with E-state index in [0.29, 0.717) is 37.3 Å². The summed E-state index contributed by atoms with van der Waals surface area (Å²) in [5.41, 5.74) is 10.7. The van der Waals surface area contributed by atoms with Crippen LogP contribution in [0.4, 0.5) is 0 Å². The first-order valence-electron chi connectivity index (χ1n) is 15.8. The Labute approximate surface area is 269 Å². The van der Waals surface area contributed by atoms with Crippen LogP contribution in [0.5, 0.6) is 0 Å². The molecule has 3 heterocycles. The third kappa shape index (κ3) is 5.20. The van der Waals surface area contributed by atoms with E-state index in [2.05, 4.69) is 62.4 Å². The number of para-hydroxylation sites is 2. The standard InChI is InChI=1S/C40H36N4O2/c1-25-13-17-29(18-14-25)37-27(3)35(31-9-5-7-11-33(31)41-37)39(45)43-21-23-44(24-22-43)40(46)36-28(4)38(30-19-15-26(2)16-20-30)42-34-12-8-6-10-32(34)36/h5-20H,21-24H2,1-4H3. The minimum absolute atomic E-state index is 0.0243. The van der Waals surface area contributed by atoms with Crippen LogP contribution in [0.15, 0.2) is 97.1 Å². The van der Waals surface area contributed by atoms with Crippen molar-refractivity contribution in [2.45, 2.75) is 27.7 Å². The van der Waals surface area contributed by atoms with E-state index in [1.165, 1.54) is 11.1 Å². The smallest absolute Gasteiger partial charge is 0.255 e. The molecule has 0 radical (unpaired) electrons. The molecule has 1 aliphatic rings. The number of amides is 2. The fourth-order valence-corrected chi connectivity index (χ4v) is 6.58. The summed E-state index contributed by atoms with van der Waals surface area (Å²) in [6, 6.07) is 32.2. The average Bonchev–Trinajstić information content (AvgIpc) is 3.08. The summed E-state index contributed by atoms with van der Waals surface area (Å²) in [4.78, 5) is 42.2. The highest BCUT2D eigenvalue weighted by Gasteiger charge is 2.30. The molecule has 46 heavy (non-hydrogen) atoms. The van der Waals surface area contributed by atoms with Crippen molar-refractivity contribution in [2.75, 3.05) is 26.2 Å². The molecule has 0 N–H and O–H groups in total. The maximum absolute atomic E-state index is 14.3. The molecule has 0 bridgehead atoms. The number of piperazine rings is 1. The van der Waals surface area contributed by atoms with Gasteiger partial charge in [-0.1, -0.05) is 96.1 Å². The van der Waals surface area contributed by atoms with Crippen molar-refractivity contribution in [1.82, 2.24) is 19.8 Å². The zero-order valence-corrected chi connectivity index (χ0v) is 26.7. The van der Waals surface area contributed by atoms with Gasteiger partial charge in [-0.15, -0.1) is 0 Å². The molecule has 2 aromatic heterocycles. The Kier molecular flexibility index (Phi) is 7.57. The lowest BCUT2D eigenvalue weighted by Crippen LogP contribution is -2.51. The quantitative estimate of drug-likeness (QED) is 0.205. The molecule has 0 atom stereocenters. The SMILES string of the molecule is Cc1ccc(-c2nc3ccccc3c(C(=O)N3CCN(C(=O)c4c(C)c(-c5ccc(C)cc5)nc5ccccc45)CC3)c2C)cc1. The van der Waals surface area contributed by atoms with E-state index in [4.69, 9.17) is 9.97 Å². The molecular weight excluding hydrogens is 568 g/mol. The molecule has 228 valence electrons. The summed E-state index contributed by atoms with van der Waals surface area (Å²) < 4.78 is 0. The van der Waals surface area contributed by atoms with Gasteiger partial charge in [0.2, 0.25) is 0 Å². The van der Waals surface area contributed by atoms with Crippen molar-refractivity contribution in [3.05, 3.63) is 130 Å². The van der Waals surface area contributed by atoms with E-state index in [0.717, 1.165) is 55.4 Å². The second-order valence-electron chi connectivity index (χ2n) is 12.3. The van der Waals surface area contributed by atoms with E-state index >= 15 is 0 Å². The lowest BCUT2D eigenvalue weighted by molar-refractivity contribution is 0.0536. The van der Waals surface area contributed by atoms with E-state index in [1.54, 1.807) is 0 Å². The minimum Gasteiger partial charge on any atom is -0.335 e. The highest BCUT2D eigenvalue weighted by molar-refractivity contribution is 6.10.